The summed E-state index contributed by atoms with van der Waals surface area (Å²) in [4.78, 5) is 0. The molecule has 0 spiro atoms. The molecule has 2 heteroatoms. The minimum Gasteiger partial charge on any atom is -0.392 e. The van der Waals surface area contributed by atoms with Gasteiger partial charge in [0.15, 0.2) is 0 Å². The Kier molecular flexibility index (Phi) is 3.76. The fourth-order valence-electron chi connectivity index (χ4n) is 0.939. The van der Waals surface area contributed by atoms with Crippen molar-refractivity contribution in [2.45, 2.75) is 33.8 Å². The Morgan fingerprint density at radius 2 is 1.91 bits per heavy atom. The molecular weight excluding hydrogens is 140 g/mol. The van der Waals surface area contributed by atoms with E-state index in [4.69, 9.17) is 5.11 Å². The second-order valence-corrected chi connectivity index (χ2v) is 3.90. The quantitative estimate of drug-likeness (QED) is 0.595. The van der Waals surface area contributed by atoms with Crippen molar-refractivity contribution in [2.75, 3.05) is 6.61 Å². The lowest BCUT2D eigenvalue weighted by Crippen LogP contribution is -2.27. The average Bonchev–Trinajstić information content (AvgIpc) is 1.85. The van der Waals surface area contributed by atoms with Crippen molar-refractivity contribution in [3.63, 3.8) is 0 Å². The molecule has 0 aliphatic rings. The van der Waals surface area contributed by atoms with Gasteiger partial charge in [-0.2, -0.15) is 0 Å². The molecule has 0 aliphatic carbocycles. The van der Waals surface area contributed by atoms with Crippen LogP contribution in [0.2, 0.25) is 0 Å². The van der Waals surface area contributed by atoms with Crippen molar-refractivity contribution in [2.24, 2.45) is 5.41 Å². The molecule has 0 aromatic heterocycles. The molecule has 0 amide bonds. The van der Waals surface area contributed by atoms with Gasteiger partial charge in [0.2, 0.25) is 0 Å². The highest BCUT2D eigenvalue weighted by molar-refractivity contribution is 5.07. The third kappa shape index (κ3) is 3.54. The van der Waals surface area contributed by atoms with E-state index in [-0.39, 0.29) is 12.0 Å². The van der Waals surface area contributed by atoms with Crippen molar-refractivity contribution < 1.29 is 10.2 Å². The van der Waals surface area contributed by atoms with Crippen molar-refractivity contribution in [3.05, 3.63) is 11.6 Å². The molecule has 0 aliphatic heterocycles. The van der Waals surface area contributed by atoms with Crippen LogP contribution in [0.3, 0.4) is 0 Å². The third-order valence-electron chi connectivity index (χ3n) is 1.66. The molecule has 0 heterocycles. The van der Waals surface area contributed by atoms with Gasteiger partial charge in [-0.3, -0.25) is 0 Å². The van der Waals surface area contributed by atoms with Crippen molar-refractivity contribution in [1.82, 2.24) is 0 Å². The van der Waals surface area contributed by atoms with Gasteiger partial charge in [0.25, 0.3) is 0 Å². The summed E-state index contributed by atoms with van der Waals surface area (Å²) in [6, 6.07) is 0. The SMILES string of the molecule is CC(=CCO)[C@H](O)C(C)(C)C. The largest absolute Gasteiger partial charge is 0.392 e. The van der Waals surface area contributed by atoms with Crippen LogP contribution in [0.1, 0.15) is 27.7 Å². The molecule has 2 nitrogen and oxygen atoms in total. The molecule has 0 saturated heterocycles. The van der Waals surface area contributed by atoms with Crippen LogP contribution in [-0.2, 0) is 0 Å². The maximum Gasteiger partial charge on any atom is 0.0796 e. The Hall–Kier alpha value is -0.340. The van der Waals surface area contributed by atoms with Gasteiger partial charge in [0, 0.05) is 0 Å². The predicted octanol–water partition coefficient (Wildman–Crippen LogP) is 1.33. The Morgan fingerprint density at radius 3 is 2.18 bits per heavy atom. The molecule has 0 saturated carbocycles. The summed E-state index contributed by atoms with van der Waals surface area (Å²) >= 11 is 0. The zero-order valence-corrected chi connectivity index (χ0v) is 7.76. The lowest BCUT2D eigenvalue weighted by atomic mass is 9.85. The highest BCUT2D eigenvalue weighted by Gasteiger charge is 2.22. The van der Waals surface area contributed by atoms with Crippen LogP contribution in [0.15, 0.2) is 11.6 Å². The molecule has 0 rings (SSSR count). The first-order valence-corrected chi connectivity index (χ1v) is 3.85. The number of hydrogen-bond donors (Lipinski definition) is 2. The molecule has 0 unspecified atom stereocenters. The number of aliphatic hydroxyl groups excluding tert-OH is 2. The molecule has 2 N–H and O–H groups in total. The lowest BCUT2D eigenvalue weighted by molar-refractivity contribution is 0.0941. The summed E-state index contributed by atoms with van der Waals surface area (Å²) in [5, 5.41) is 18.2. The predicted molar refractivity (Wildman–Crippen MR) is 46.3 cm³/mol. The van der Waals surface area contributed by atoms with Gasteiger partial charge in [0.05, 0.1) is 12.7 Å². The number of aliphatic hydroxyl groups is 2. The third-order valence-corrected chi connectivity index (χ3v) is 1.66. The molecule has 0 aromatic rings. The Morgan fingerprint density at radius 1 is 1.45 bits per heavy atom. The first-order chi connectivity index (χ1) is 4.89. The van der Waals surface area contributed by atoms with Crippen LogP contribution < -0.4 is 0 Å². The van der Waals surface area contributed by atoms with E-state index in [1.165, 1.54) is 0 Å². The van der Waals surface area contributed by atoms with Crippen molar-refractivity contribution in [1.29, 1.82) is 0 Å². The van der Waals surface area contributed by atoms with Crippen LogP contribution in [0.5, 0.6) is 0 Å². The van der Waals surface area contributed by atoms with Gasteiger partial charge >= 0.3 is 0 Å². The summed E-state index contributed by atoms with van der Waals surface area (Å²) in [5.41, 5.74) is 0.690. The summed E-state index contributed by atoms with van der Waals surface area (Å²) in [6.45, 7) is 7.72. The van der Waals surface area contributed by atoms with E-state index in [9.17, 15) is 5.11 Å². The van der Waals surface area contributed by atoms with E-state index in [1.54, 1.807) is 6.08 Å². The van der Waals surface area contributed by atoms with E-state index < -0.39 is 6.10 Å². The molecule has 0 radical (unpaired) electrons. The summed E-state index contributed by atoms with van der Waals surface area (Å²) < 4.78 is 0. The first-order valence-electron chi connectivity index (χ1n) is 3.85. The molecule has 0 fully saturated rings. The lowest BCUT2D eigenvalue weighted by Gasteiger charge is -2.26. The topological polar surface area (TPSA) is 40.5 Å². The molecular formula is C9H18O2. The molecule has 0 aromatic carbocycles. The molecule has 1 atom stereocenters. The van der Waals surface area contributed by atoms with Gasteiger partial charge in [-0.05, 0) is 17.9 Å². The summed E-state index contributed by atoms with van der Waals surface area (Å²) in [7, 11) is 0. The summed E-state index contributed by atoms with van der Waals surface area (Å²) in [6.07, 6.45) is 1.17. The standard InChI is InChI=1S/C9H18O2/c1-7(5-6-10)8(11)9(2,3)4/h5,8,10-11H,6H2,1-4H3/t8-/m0/s1. The van der Waals surface area contributed by atoms with Crippen molar-refractivity contribution >= 4 is 0 Å². The van der Waals surface area contributed by atoms with Crippen LogP contribution in [0.25, 0.3) is 0 Å². The molecule has 66 valence electrons. The van der Waals surface area contributed by atoms with Gasteiger partial charge in [-0.25, -0.2) is 0 Å². The summed E-state index contributed by atoms with van der Waals surface area (Å²) in [5.74, 6) is 0. The zero-order chi connectivity index (χ0) is 9.07. The minimum absolute atomic E-state index is 0.00102. The fourth-order valence-corrected chi connectivity index (χ4v) is 0.939. The van der Waals surface area contributed by atoms with E-state index in [0.717, 1.165) is 5.57 Å². The van der Waals surface area contributed by atoms with Gasteiger partial charge < -0.3 is 10.2 Å². The van der Waals surface area contributed by atoms with E-state index in [0.29, 0.717) is 0 Å². The Balaban J connectivity index is 4.25. The van der Waals surface area contributed by atoms with Gasteiger partial charge in [-0.1, -0.05) is 26.8 Å². The number of rotatable bonds is 2. The van der Waals surface area contributed by atoms with E-state index in [1.807, 2.05) is 27.7 Å². The second kappa shape index (κ2) is 3.88. The van der Waals surface area contributed by atoms with Gasteiger partial charge in [-0.15, -0.1) is 0 Å². The minimum atomic E-state index is -0.463. The highest BCUT2D eigenvalue weighted by Crippen LogP contribution is 2.24. The monoisotopic (exact) mass is 158 g/mol. The normalized spacial score (nSPS) is 16.7. The molecule has 0 bridgehead atoms. The fraction of sp³-hybridized carbons (Fsp3) is 0.778. The zero-order valence-electron chi connectivity index (χ0n) is 7.76. The smallest absolute Gasteiger partial charge is 0.0796 e. The average molecular weight is 158 g/mol. The van der Waals surface area contributed by atoms with Crippen LogP contribution >= 0.6 is 0 Å². The first kappa shape index (κ1) is 10.7. The van der Waals surface area contributed by atoms with Crippen molar-refractivity contribution in [3.8, 4) is 0 Å². The van der Waals surface area contributed by atoms with Gasteiger partial charge in [0.1, 0.15) is 0 Å². The van der Waals surface area contributed by atoms with E-state index >= 15 is 0 Å². The van der Waals surface area contributed by atoms with Crippen LogP contribution in [0.4, 0.5) is 0 Å². The number of hydrogen-bond acceptors (Lipinski definition) is 2. The molecule has 11 heavy (non-hydrogen) atoms. The highest BCUT2D eigenvalue weighted by atomic mass is 16.3. The maximum atomic E-state index is 9.61. The van der Waals surface area contributed by atoms with Crippen LogP contribution in [0, 0.1) is 5.41 Å². The van der Waals surface area contributed by atoms with E-state index in [2.05, 4.69) is 0 Å². The van der Waals surface area contributed by atoms with Crippen LogP contribution in [-0.4, -0.2) is 22.9 Å². The maximum absolute atomic E-state index is 9.61. The Bertz CT molecular complexity index is 142. The second-order valence-electron chi connectivity index (χ2n) is 3.90. The Labute approximate surface area is 68.6 Å².